The summed E-state index contributed by atoms with van der Waals surface area (Å²) in [5.41, 5.74) is 1.61. The molecular weight excluding hydrogens is 292 g/mol. The van der Waals surface area contributed by atoms with E-state index in [0.717, 1.165) is 10.9 Å². The lowest BCUT2D eigenvalue weighted by Gasteiger charge is -2.09. The van der Waals surface area contributed by atoms with Gasteiger partial charge in [0.1, 0.15) is 6.54 Å². The maximum Gasteiger partial charge on any atom is 0.253 e. The first-order chi connectivity index (χ1) is 11.1. The van der Waals surface area contributed by atoms with Crippen LogP contribution in [0.15, 0.2) is 53.7 Å². The smallest absolute Gasteiger partial charge is 0.253 e. The third kappa shape index (κ3) is 3.48. The van der Waals surface area contributed by atoms with Gasteiger partial charge < -0.3 is 9.88 Å². The second kappa shape index (κ2) is 6.48. The van der Waals surface area contributed by atoms with Crippen LogP contribution in [-0.4, -0.2) is 26.6 Å². The molecule has 1 N–H and O–H groups in total. The summed E-state index contributed by atoms with van der Waals surface area (Å²) in [6, 6.07) is 11.4. The zero-order chi connectivity index (χ0) is 16.2. The molecule has 3 aromatic rings. The van der Waals surface area contributed by atoms with Crippen LogP contribution in [0.5, 0.6) is 0 Å². The fraction of sp³-hybridized carbons (Fsp3) is 0.235. The molecule has 0 aliphatic heterocycles. The van der Waals surface area contributed by atoms with Crippen molar-refractivity contribution in [3.63, 3.8) is 0 Å². The Hall–Kier alpha value is -2.89. The van der Waals surface area contributed by atoms with E-state index in [1.165, 1.54) is 17.0 Å². The fourth-order valence-corrected chi connectivity index (χ4v) is 2.49. The number of para-hydroxylation sites is 1. The molecule has 1 amide bonds. The van der Waals surface area contributed by atoms with E-state index < -0.39 is 0 Å². The van der Waals surface area contributed by atoms with Crippen LogP contribution in [0.3, 0.4) is 0 Å². The van der Waals surface area contributed by atoms with Gasteiger partial charge in [0.2, 0.25) is 5.91 Å². The van der Waals surface area contributed by atoms with Gasteiger partial charge in [0.05, 0.1) is 6.33 Å². The Balaban J connectivity index is 1.56. The molecular formula is C17H18N4O2. The summed E-state index contributed by atoms with van der Waals surface area (Å²) in [4.78, 5) is 27.9. The van der Waals surface area contributed by atoms with Crippen LogP contribution in [0.2, 0.25) is 0 Å². The van der Waals surface area contributed by atoms with Gasteiger partial charge in [-0.05, 0) is 24.4 Å². The SMILES string of the molecule is Cc1cc(=O)n(CCNC(=O)Cn2ccc3ccccc32)cn1. The van der Waals surface area contributed by atoms with E-state index in [1.54, 1.807) is 6.92 Å². The monoisotopic (exact) mass is 310 g/mol. The molecule has 0 bridgehead atoms. The predicted octanol–water partition coefficient (Wildman–Crippen LogP) is 1.32. The first kappa shape index (κ1) is 15.0. The van der Waals surface area contributed by atoms with E-state index in [-0.39, 0.29) is 18.0 Å². The number of fused-ring (bicyclic) bond motifs is 1. The molecule has 0 atom stereocenters. The molecule has 2 aromatic heterocycles. The standard InChI is InChI=1S/C17H18N4O2/c1-13-10-17(23)21(12-19-13)9-7-18-16(22)11-20-8-6-14-4-2-3-5-15(14)20/h2-6,8,10,12H,7,9,11H2,1H3,(H,18,22). The number of carbonyl (C=O) groups is 1. The van der Waals surface area contributed by atoms with Crippen LogP contribution in [0.1, 0.15) is 5.69 Å². The highest BCUT2D eigenvalue weighted by Crippen LogP contribution is 2.14. The van der Waals surface area contributed by atoms with Crippen LogP contribution in [0.4, 0.5) is 0 Å². The van der Waals surface area contributed by atoms with E-state index in [2.05, 4.69) is 10.3 Å². The summed E-state index contributed by atoms with van der Waals surface area (Å²) in [6.07, 6.45) is 3.40. The fourth-order valence-electron chi connectivity index (χ4n) is 2.49. The number of nitrogens with one attached hydrogen (secondary N) is 1. The number of carbonyl (C=O) groups excluding carboxylic acids is 1. The molecule has 6 heteroatoms. The highest BCUT2D eigenvalue weighted by atomic mass is 16.2. The van der Waals surface area contributed by atoms with Gasteiger partial charge in [0.25, 0.3) is 5.56 Å². The average Bonchev–Trinajstić information content (AvgIpc) is 2.93. The minimum Gasteiger partial charge on any atom is -0.353 e. The van der Waals surface area contributed by atoms with E-state index in [0.29, 0.717) is 18.8 Å². The Morgan fingerprint density at radius 1 is 1.22 bits per heavy atom. The molecule has 2 heterocycles. The van der Waals surface area contributed by atoms with Gasteiger partial charge in [-0.25, -0.2) is 4.98 Å². The van der Waals surface area contributed by atoms with Crippen molar-refractivity contribution in [1.29, 1.82) is 0 Å². The maximum atomic E-state index is 12.0. The van der Waals surface area contributed by atoms with Gasteiger partial charge >= 0.3 is 0 Å². The number of benzene rings is 1. The maximum absolute atomic E-state index is 12.0. The van der Waals surface area contributed by atoms with E-state index in [9.17, 15) is 9.59 Å². The predicted molar refractivity (Wildman–Crippen MR) is 88.2 cm³/mol. The number of aromatic nitrogens is 3. The normalized spacial score (nSPS) is 10.8. The molecule has 0 aliphatic carbocycles. The van der Waals surface area contributed by atoms with Gasteiger partial charge in [0.15, 0.2) is 0 Å². The van der Waals surface area contributed by atoms with Crippen LogP contribution >= 0.6 is 0 Å². The Kier molecular flexibility index (Phi) is 4.23. The molecule has 118 valence electrons. The van der Waals surface area contributed by atoms with Gasteiger partial charge in [-0.3, -0.25) is 14.2 Å². The van der Waals surface area contributed by atoms with Gasteiger partial charge in [-0.2, -0.15) is 0 Å². The lowest BCUT2D eigenvalue weighted by atomic mass is 10.2. The van der Waals surface area contributed by atoms with Crippen molar-refractivity contribution in [3.8, 4) is 0 Å². The Morgan fingerprint density at radius 3 is 2.87 bits per heavy atom. The molecule has 3 rings (SSSR count). The third-order valence-electron chi connectivity index (χ3n) is 3.69. The molecule has 0 aliphatic rings. The molecule has 0 saturated heterocycles. The molecule has 0 unspecified atom stereocenters. The van der Waals surface area contributed by atoms with Crippen LogP contribution in [0.25, 0.3) is 10.9 Å². The lowest BCUT2D eigenvalue weighted by molar-refractivity contribution is -0.121. The zero-order valence-electron chi connectivity index (χ0n) is 12.9. The van der Waals surface area contributed by atoms with Gasteiger partial charge in [0, 0.05) is 36.6 Å². The number of nitrogens with zero attached hydrogens (tertiary/aromatic N) is 3. The number of aryl methyl sites for hydroxylation is 1. The van der Waals surface area contributed by atoms with E-state index in [1.807, 2.05) is 41.1 Å². The summed E-state index contributed by atoms with van der Waals surface area (Å²) in [6.45, 7) is 2.83. The first-order valence-electron chi connectivity index (χ1n) is 7.47. The van der Waals surface area contributed by atoms with E-state index >= 15 is 0 Å². The Labute approximate surface area is 133 Å². The first-order valence-corrected chi connectivity index (χ1v) is 7.47. The molecule has 23 heavy (non-hydrogen) atoms. The second-order valence-corrected chi connectivity index (χ2v) is 5.41. The van der Waals surface area contributed by atoms with Crippen LogP contribution in [0, 0.1) is 6.92 Å². The minimum absolute atomic E-state index is 0.0838. The van der Waals surface area contributed by atoms with Crippen molar-refractivity contribution in [2.45, 2.75) is 20.0 Å². The molecule has 0 radical (unpaired) electrons. The Morgan fingerprint density at radius 2 is 2.04 bits per heavy atom. The quantitative estimate of drug-likeness (QED) is 0.773. The van der Waals surface area contributed by atoms with Gasteiger partial charge in [-0.15, -0.1) is 0 Å². The largest absolute Gasteiger partial charge is 0.353 e. The summed E-state index contributed by atoms with van der Waals surface area (Å²) < 4.78 is 3.39. The summed E-state index contributed by atoms with van der Waals surface area (Å²) in [5.74, 6) is -0.0838. The summed E-state index contributed by atoms with van der Waals surface area (Å²) in [5, 5.41) is 3.94. The van der Waals surface area contributed by atoms with Crippen molar-refractivity contribution < 1.29 is 4.79 Å². The number of hydrogen-bond acceptors (Lipinski definition) is 3. The van der Waals surface area contributed by atoms with Crippen molar-refractivity contribution in [2.24, 2.45) is 0 Å². The average molecular weight is 310 g/mol. The molecule has 6 nitrogen and oxygen atoms in total. The number of hydrogen-bond donors (Lipinski definition) is 1. The zero-order valence-corrected chi connectivity index (χ0v) is 12.9. The molecule has 0 spiro atoms. The number of rotatable bonds is 5. The van der Waals surface area contributed by atoms with Crippen molar-refractivity contribution >= 4 is 16.8 Å². The van der Waals surface area contributed by atoms with Crippen molar-refractivity contribution in [3.05, 3.63) is 65.0 Å². The van der Waals surface area contributed by atoms with Gasteiger partial charge in [-0.1, -0.05) is 18.2 Å². The highest BCUT2D eigenvalue weighted by Gasteiger charge is 2.06. The third-order valence-corrected chi connectivity index (χ3v) is 3.69. The van der Waals surface area contributed by atoms with Crippen LogP contribution in [-0.2, 0) is 17.9 Å². The van der Waals surface area contributed by atoms with Crippen molar-refractivity contribution in [1.82, 2.24) is 19.4 Å². The Bertz CT molecular complexity index is 895. The summed E-state index contributed by atoms with van der Waals surface area (Å²) in [7, 11) is 0. The lowest BCUT2D eigenvalue weighted by Crippen LogP contribution is -2.32. The molecule has 0 saturated carbocycles. The second-order valence-electron chi connectivity index (χ2n) is 5.41. The highest BCUT2D eigenvalue weighted by molar-refractivity contribution is 5.83. The van der Waals surface area contributed by atoms with E-state index in [4.69, 9.17) is 0 Å². The van der Waals surface area contributed by atoms with Crippen molar-refractivity contribution in [2.75, 3.05) is 6.54 Å². The van der Waals surface area contributed by atoms with Crippen LogP contribution < -0.4 is 10.9 Å². The number of amides is 1. The minimum atomic E-state index is -0.108. The summed E-state index contributed by atoms with van der Waals surface area (Å²) >= 11 is 0. The topological polar surface area (TPSA) is 68.9 Å². The molecule has 0 fully saturated rings. The molecule has 1 aromatic carbocycles.